The largest absolute Gasteiger partial charge is 0.399 e. The van der Waals surface area contributed by atoms with Crippen LogP contribution in [0.15, 0.2) is 18.2 Å². The third-order valence-electron chi connectivity index (χ3n) is 2.11. The molecule has 3 nitrogen and oxygen atoms in total. The van der Waals surface area contributed by atoms with E-state index in [1.165, 1.54) is 0 Å². The van der Waals surface area contributed by atoms with Gasteiger partial charge in [0.2, 0.25) is 0 Å². The third-order valence-corrected chi connectivity index (χ3v) is 2.11. The van der Waals surface area contributed by atoms with E-state index in [2.05, 4.69) is 0 Å². The van der Waals surface area contributed by atoms with E-state index in [1.54, 1.807) is 13.0 Å². The van der Waals surface area contributed by atoms with Gasteiger partial charge in [-0.25, -0.2) is 0 Å². The van der Waals surface area contributed by atoms with Crippen molar-refractivity contribution < 1.29 is 5.11 Å². The second kappa shape index (κ2) is 3.77. The topological polar surface area (TPSA) is 72.3 Å². The molecule has 0 heterocycles. The van der Waals surface area contributed by atoms with E-state index in [1.807, 2.05) is 19.1 Å². The van der Waals surface area contributed by atoms with E-state index < -0.39 is 6.10 Å². The molecule has 1 aromatic rings. The van der Waals surface area contributed by atoms with E-state index >= 15 is 0 Å². The molecular formula is C10H16N2O. The van der Waals surface area contributed by atoms with Gasteiger partial charge in [-0.1, -0.05) is 6.07 Å². The van der Waals surface area contributed by atoms with Crippen LogP contribution in [0.1, 0.15) is 24.2 Å². The Balaban J connectivity index is 3.01. The molecule has 0 spiro atoms. The van der Waals surface area contributed by atoms with Crippen molar-refractivity contribution in [3.05, 3.63) is 29.3 Å². The predicted octanol–water partition coefficient (Wildman–Crippen LogP) is 0.958. The van der Waals surface area contributed by atoms with Crippen molar-refractivity contribution in [3.63, 3.8) is 0 Å². The Bertz CT molecular complexity index is 297. The highest BCUT2D eigenvalue weighted by Crippen LogP contribution is 2.21. The van der Waals surface area contributed by atoms with E-state index in [0.29, 0.717) is 5.69 Å². The molecule has 0 amide bonds. The fourth-order valence-electron chi connectivity index (χ4n) is 1.31. The first-order chi connectivity index (χ1) is 6.02. The lowest BCUT2D eigenvalue weighted by Gasteiger charge is -2.17. The zero-order chi connectivity index (χ0) is 10.0. The minimum atomic E-state index is -0.611. The molecule has 13 heavy (non-hydrogen) atoms. The molecule has 0 bridgehead atoms. The average molecular weight is 180 g/mol. The van der Waals surface area contributed by atoms with Gasteiger partial charge in [-0.3, -0.25) is 0 Å². The molecule has 0 fully saturated rings. The molecule has 0 aliphatic carbocycles. The number of benzene rings is 1. The van der Waals surface area contributed by atoms with Crippen LogP contribution < -0.4 is 11.5 Å². The van der Waals surface area contributed by atoms with Gasteiger partial charge in [0.1, 0.15) is 0 Å². The van der Waals surface area contributed by atoms with Crippen LogP contribution in [-0.4, -0.2) is 11.1 Å². The number of aliphatic hydroxyl groups is 1. The monoisotopic (exact) mass is 180 g/mol. The minimum Gasteiger partial charge on any atom is -0.399 e. The number of hydrogen-bond donors (Lipinski definition) is 3. The Morgan fingerprint density at radius 1 is 1.38 bits per heavy atom. The summed E-state index contributed by atoms with van der Waals surface area (Å²) >= 11 is 0. The van der Waals surface area contributed by atoms with E-state index in [9.17, 15) is 5.11 Å². The summed E-state index contributed by atoms with van der Waals surface area (Å²) in [7, 11) is 0. The molecule has 0 aliphatic rings. The third kappa shape index (κ3) is 2.20. The van der Waals surface area contributed by atoms with Crippen LogP contribution >= 0.6 is 0 Å². The van der Waals surface area contributed by atoms with Crippen LogP contribution in [0, 0.1) is 6.92 Å². The van der Waals surface area contributed by atoms with Crippen LogP contribution in [-0.2, 0) is 0 Å². The number of aliphatic hydroxyl groups excluding tert-OH is 1. The van der Waals surface area contributed by atoms with E-state index in [4.69, 9.17) is 11.5 Å². The van der Waals surface area contributed by atoms with Crippen molar-refractivity contribution in [1.29, 1.82) is 0 Å². The summed E-state index contributed by atoms with van der Waals surface area (Å²) in [6.07, 6.45) is -0.611. The van der Waals surface area contributed by atoms with Crippen LogP contribution in [0.3, 0.4) is 0 Å². The fraction of sp³-hybridized carbons (Fsp3) is 0.400. The van der Waals surface area contributed by atoms with Crippen molar-refractivity contribution in [3.8, 4) is 0 Å². The first-order valence-corrected chi connectivity index (χ1v) is 4.32. The number of rotatable bonds is 2. The second-order valence-corrected chi connectivity index (χ2v) is 3.42. The minimum absolute atomic E-state index is 0.262. The normalized spacial score (nSPS) is 15.4. The van der Waals surface area contributed by atoms with Crippen molar-refractivity contribution in [2.45, 2.75) is 26.0 Å². The highest BCUT2D eigenvalue weighted by molar-refractivity contribution is 5.45. The van der Waals surface area contributed by atoms with Gasteiger partial charge < -0.3 is 16.6 Å². The van der Waals surface area contributed by atoms with Crippen molar-refractivity contribution in [1.82, 2.24) is 0 Å². The van der Waals surface area contributed by atoms with Crippen LogP contribution in [0.5, 0.6) is 0 Å². The molecule has 3 heteroatoms. The average Bonchev–Trinajstić information content (AvgIpc) is 2.03. The molecule has 72 valence electrons. The van der Waals surface area contributed by atoms with Gasteiger partial charge in [0, 0.05) is 11.7 Å². The molecule has 0 saturated carbocycles. The smallest absolute Gasteiger partial charge is 0.0940 e. The quantitative estimate of drug-likeness (QED) is 0.593. The maximum Gasteiger partial charge on any atom is 0.0940 e. The Morgan fingerprint density at radius 2 is 2.00 bits per heavy atom. The fourth-order valence-corrected chi connectivity index (χ4v) is 1.31. The number of anilines is 1. The SMILES string of the molecule is Cc1cc(N)ccc1[C@@H](O)[C@@H](C)N. The van der Waals surface area contributed by atoms with Gasteiger partial charge in [0.05, 0.1) is 6.10 Å². The molecule has 0 unspecified atom stereocenters. The van der Waals surface area contributed by atoms with E-state index in [0.717, 1.165) is 11.1 Å². The van der Waals surface area contributed by atoms with Gasteiger partial charge >= 0.3 is 0 Å². The Morgan fingerprint density at radius 3 is 2.46 bits per heavy atom. The van der Waals surface area contributed by atoms with E-state index in [-0.39, 0.29) is 6.04 Å². The first-order valence-electron chi connectivity index (χ1n) is 4.32. The van der Waals surface area contributed by atoms with Crippen molar-refractivity contribution >= 4 is 5.69 Å². The predicted molar refractivity (Wildman–Crippen MR) is 54.2 cm³/mol. The van der Waals surface area contributed by atoms with Gasteiger partial charge in [-0.2, -0.15) is 0 Å². The lowest BCUT2D eigenvalue weighted by molar-refractivity contribution is 0.152. The molecule has 0 saturated heterocycles. The molecule has 0 radical (unpaired) electrons. The molecule has 1 aromatic carbocycles. The van der Waals surface area contributed by atoms with Gasteiger partial charge in [-0.05, 0) is 37.1 Å². The number of aryl methyl sites for hydroxylation is 1. The van der Waals surface area contributed by atoms with Crippen molar-refractivity contribution in [2.24, 2.45) is 5.73 Å². The van der Waals surface area contributed by atoms with Gasteiger partial charge in [0.25, 0.3) is 0 Å². The zero-order valence-corrected chi connectivity index (χ0v) is 7.99. The van der Waals surface area contributed by atoms with Gasteiger partial charge in [-0.15, -0.1) is 0 Å². The Labute approximate surface area is 78.4 Å². The zero-order valence-electron chi connectivity index (χ0n) is 7.99. The molecule has 1 rings (SSSR count). The molecular weight excluding hydrogens is 164 g/mol. The lowest BCUT2D eigenvalue weighted by atomic mass is 9.99. The molecule has 5 N–H and O–H groups in total. The molecule has 2 atom stereocenters. The van der Waals surface area contributed by atoms with Crippen LogP contribution in [0.25, 0.3) is 0 Å². The summed E-state index contributed by atoms with van der Waals surface area (Å²) in [5, 5.41) is 9.70. The maximum atomic E-state index is 9.70. The summed E-state index contributed by atoms with van der Waals surface area (Å²) in [6.45, 7) is 3.69. The van der Waals surface area contributed by atoms with Crippen molar-refractivity contribution in [2.75, 3.05) is 5.73 Å². The lowest BCUT2D eigenvalue weighted by Crippen LogP contribution is -2.24. The summed E-state index contributed by atoms with van der Waals surface area (Å²) < 4.78 is 0. The Hall–Kier alpha value is -1.06. The first kappa shape index (κ1) is 10.0. The summed E-state index contributed by atoms with van der Waals surface area (Å²) in [4.78, 5) is 0. The highest BCUT2D eigenvalue weighted by Gasteiger charge is 2.14. The van der Waals surface area contributed by atoms with Crippen LogP contribution in [0.4, 0.5) is 5.69 Å². The standard InChI is InChI=1S/C10H16N2O/c1-6-5-8(12)3-4-9(6)10(13)7(2)11/h3-5,7,10,13H,11-12H2,1-2H3/t7-,10+/m1/s1. The highest BCUT2D eigenvalue weighted by atomic mass is 16.3. The number of nitrogens with two attached hydrogens (primary N) is 2. The van der Waals surface area contributed by atoms with Gasteiger partial charge in [0.15, 0.2) is 0 Å². The Kier molecular flexibility index (Phi) is 2.90. The second-order valence-electron chi connectivity index (χ2n) is 3.42. The summed E-state index contributed by atoms with van der Waals surface area (Å²) in [6, 6.07) is 5.16. The maximum absolute atomic E-state index is 9.70. The number of nitrogen functional groups attached to an aromatic ring is 1. The number of hydrogen-bond acceptors (Lipinski definition) is 3. The molecule has 0 aliphatic heterocycles. The molecule has 0 aromatic heterocycles. The summed E-state index contributed by atoms with van der Waals surface area (Å²) in [5.74, 6) is 0. The summed E-state index contributed by atoms with van der Waals surface area (Å²) in [5.41, 5.74) is 13.7. The van der Waals surface area contributed by atoms with Crippen LogP contribution in [0.2, 0.25) is 0 Å².